The van der Waals surface area contributed by atoms with Crippen molar-refractivity contribution in [3.63, 3.8) is 0 Å². The van der Waals surface area contributed by atoms with Crippen molar-refractivity contribution in [1.82, 2.24) is 10.6 Å². The van der Waals surface area contributed by atoms with Crippen LogP contribution < -0.4 is 10.6 Å². The first-order chi connectivity index (χ1) is 7.66. The van der Waals surface area contributed by atoms with E-state index in [4.69, 9.17) is 9.84 Å². The van der Waals surface area contributed by atoms with Gasteiger partial charge in [-0.3, -0.25) is 9.59 Å². The summed E-state index contributed by atoms with van der Waals surface area (Å²) >= 11 is 0. The van der Waals surface area contributed by atoms with Gasteiger partial charge >= 0.3 is 5.97 Å². The number of nitrogens with one attached hydrogen (secondary N) is 2. The van der Waals surface area contributed by atoms with Crippen molar-refractivity contribution >= 4 is 11.9 Å². The van der Waals surface area contributed by atoms with Crippen molar-refractivity contribution in [2.24, 2.45) is 5.92 Å². The third-order valence-electron chi connectivity index (χ3n) is 2.87. The first-order valence-electron chi connectivity index (χ1n) is 5.50. The van der Waals surface area contributed by atoms with E-state index in [0.29, 0.717) is 6.04 Å². The second kappa shape index (κ2) is 4.80. The third-order valence-corrected chi connectivity index (χ3v) is 2.87. The van der Waals surface area contributed by atoms with Crippen LogP contribution in [0.2, 0.25) is 0 Å². The van der Waals surface area contributed by atoms with Gasteiger partial charge in [0.1, 0.15) is 5.92 Å². The van der Waals surface area contributed by atoms with Crippen LogP contribution in [0.4, 0.5) is 0 Å². The molecule has 1 aliphatic carbocycles. The predicted molar refractivity (Wildman–Crippen MR) is 54.9 cm³/mol. The molecule has 2 atom stereocenters. The summed E-state index contributed by atoms with van der Waals surface area (Å²) in [5.74, 6) is -1.70. The number of amides is 1. The molecule has 2 fully saturated rings. The summed E-state index contributed by atoms with van der Waals surface area (Å²) in [4.78, 5) is 22.3. The van der Waals surface area contributed by atoms with Crippen LogP contribution in [-0.2, 0) is 14.3 Å². The van der Waals surface area contributed by atoms with Gasteiger partial charge in [-0.1, -0.05) is 0 Å². The molecule has 3 N–H and O–H groups in total. The fourth-order valence-electron chi connectivity index (χ4n) is 1.72. The Morgan fingerprint density at radius 3 is 2.69 bits per heavy atom. The Kier molecular flexibility index (Phi) is 3.40. The maximum Gasteiger partial charge on any atom is 0.311 e. The van der Waals surface area contributed by atoms with E-state index in [0.717, 1.165) is 12.8 Å². The van der Waals surface area contributed by atoms with Gasteiger partial charge in [0.25, 0.3) is 0 Å². The fourth-order valence-corrected chi connectivity index (χ4v) is 1.72. The quantitative estimate of drug-likeness (QED) is 0.559. The molecule has 2 aliphatic rings. The number of carbonyl (C=O) groups excluding carboxylic acids is 1. The van der Waals surface area contributed by atoms with E-state index < -0.39 is 17.9 Å². The van der Waals surface area contributed by atoms with Gasteiger partial charge < -0.3 is 20.5 Å². The summed E-state index contributed by atoms with van der Waals surface area (Å²) in [6.07, 6.45) is 2.25. The number of ether oxygens (including phenoxy) is 1. The third kappa shape index (κ3) is 2.93. The summed E-state index contributed by atoms with van der Waals surface area (Å²) in [5.41, 5.74) is 0. The Morgan fingerprint density at radius 1 is 1.31 bits per heavy atom. The largest absolute Gasteiger partial charge is 0.481 e. The highest BCUT2D eigenvalue weighted by atomic mass is 16.5. The number of aliphatic carboxylic acids is 1. The van der Waals surface area contributed by atoms with Gasteiger partial charge in [0.2, 0.25) is 5.91 Å². The van der Waals surface area contributed by atoms with Crippen molar-refractivity contribution in [1.29, 1.82) is 0 Å². The second-order valence-corrected chi connectivity index (χ2v) is 4.31. The standard InChI is InChI=1S/C10H16N2O4/c13-9(3-11-6-1-2-6)12-8-5-16-4-7(8)10(14)15/h6-8,11H,1-5H2,(H,12,13)(H,14,15). The minimum Gasteiger partial charge on any atom is -0.481 e. The highest BCUT2D eigenvalue weighted by Gasteiger charge is 2.35. The topological polar surface area (TPSA) is 87.7 Å². The average molecular weight is 228 g/mol. The molecule has 0 aromatic carbocycles. The molecule has 1 heterocycles. The van der Waals surface area contributed by atoms with Crippen LogP contribution in [0.3, 0.4) is 0 Å². The Labute approximate surface area is 93.3 Å². The van der Waals surface area contributed by atoms with Gasteiger partial charge in [-0.05, 0) is 12.8 Å². The summed E-state index contributed by atoms with van der Waals surface area (Å²) < 4.78 is 5.05. The molecule has 16 heavy (non-hydrogen) atoms. The Bertz CT molecular complexity index is 291. The zero-order chi connectivity index (χ0) is 11.5. The maximum absolute atomic E-state index is 11.5. The summed E-state index contributed by atoms with van der Waals surface area (Å²) in [5, 5.41) is 14.6. The maximum atomic E-state index is 11.5. The van der Waals surface area contributed by atoms with Crippen molar-refractivity contribution in [3.8, 4) is 0 Å². The normalized spacial score (nSPS) is 29.0. The Balaban J connectivity index is 1.74. The Hall–Kier alpha value is -1.14. The number of carbonyl (C=O) groups is 2. The molecule has 0 spiro atoms. The summed E-state index contributed by atoms with van der Waals surface area (Å²) in [6, 6.07) is 0.0758. The lowest BCUT2D eigenvalue weighted by Gasteiger charge is -2.15. The van der Waals surface area contributed by atoms with Gasteiger partial charge in [-0.15, -0.1) is 0 Å². The lowest BCUT2D eigenvalue weighted by molar-refractivity contribution is -0.142. The van der Waals surface area contributed by atoms with E-state index in [9.17, 15) is 9.59 Å². The minimum absolute atomic E-state index is 0.159. The lowest BCUT2D eigenvalue weighted by Crippen LogP contribution is -2.46. The zero-order valence-electron chi connectivity index (χ0n) is 8.94. The minimum atomic E-state index is -0.919. The van der Waals surface area contributed by atoms with E-state index in [-0.39, 0.29) is 25.7 Å². The molecule has 6 heteroatoms. The number of rotatable bonds is 5. The smallest absolute Gasteiger partial charge is 0.311 e. The average Bonchev–Trinajstić information content (AvgIpc) is 2.95. The van der Waals surface area contributed by atoms with Crippen molar-refractivity contribution in [2.45, 2.75) is 24.9 Å². The molecular weight excluding hydrogens is 212 g/mol. The predicted octanol–water partition coefficient (Wildman–Crippen LogP) is -1.05. The van der Waals surface area contributed by atoms with Crippen LogP contribution in [0.5, 0.6) is 0 Å². The van der Waals surface area contributed by atoms with E-state index in [1.807, 2.05) is 0 Å². The zero-order valence-corrected chi connectivity index (χ0v) is 8.94. The molecule has 1 aliphatic heterocycles. The van der Waals surface area contributed by atoms with E-state index in [2.05, 4.69) is 10.6 Å². The first-order valence-corrected chi connectivity index (χ1v) is 5.50. The second-order valence-electron chi connectivity index (χ2n) is 4.31. The van der Waals surface area contributed by atoms with E-state index >= 15 is 0 Å². The van der Waals surface area contributed by atoms with Crippen LogP contribution in [-0.4, -0.2) is 48.8 Å². The van der Waals surface area contributed by atoms with Crippen molar-refractivity contribution in [3.05, 3.63) is 0 Å². The van der Waals surface area contributed by atoms with Crippen LogP contribution in [0, 0.1) is 5.92 Å². The van der Waals surface area contributed by atoms with Crippen LogP contribution in [0.1, 0.15) is 12.8 Å². The van der Waals surface area contributed by atoms with E-state index in [1.54, 1.807) is 0 Å². The molecule has 0 aromatic heterocycles. The van der Waals surface area contributed by atoms with Crippen LogP contribution in [0.15, 0.2) is 0 Å². The molecule has 2 rings (SSSR count). The number of hydrogen-bond donors (Lipinski definition) is 3. The number of hydrogen-bond acceptors (Lipinski definition) is 4. The van der Waals surface area contributed by atoms with Crippen molar-refractivity contribution in [2.75, 3.05) is 19.8 Å². The molecule has 1 saturated carbocycles. The molecule has 6 nitrogen and oxygen atoms in total. The van der Waals surface area contributed by atoms with Crippen molar-refractivity contribution < 1.29 is 19.4 Å². The highest BCUT2D eigenvalue weighted by molar-refractivity contribution is 5.80. The molecule has 90 valence electrons. The van der Waals surface area contributed by atoms with Gasteiger partial charge in [0.05, 0.1) is 25.8 Å². The van der Waals surface area contributed by atoms with E-state index in [1.165, 1.54) is 0 Å². The highest BCUT2D eigenvalue weighted by Crippen LogP contribution is 2.18. The SMILES string of the molecule is O=C(CNC1CC1)NC1COCC1C(=O)O. The van der Waals surface area contributed by atoms with Gasteiger partial charge in [0, 0.05) is 6.04 Å². The molecule has 1 amide bonds. The molecule has 0 aromatic rings. The summed E-state index contributed by atoms with van der Waals surface area (Å²) in [7, 11) is 0. The molecule has 0 radical (unpaired) electrons. The van der Waals surface area contributed by atoms with Gasteiger partial charge in [-0.2, -0.15) is 0 Å². The summed E-state index contributed by atoms with van der Waals surface area (Å²) in [6.45, 7) is 0.718. The lowest BCUT2D eigenvalue weighted by atomic mass is 10.0. The first kappa shape index (κ1) is 11.3. The molecule has 1 saturated heterocycles. The molecular formula is C10H16N2O4. The van der Waals surface area contributed by atoms with Gasteiger partial charge in [-0.25, -0.2) is 0 Å². The molecule has 2 unspecified atom stereocenters. The number of carboxylic acids is 1. The number of carboxylic acid groups (broad SMARTS) is 1. The van der Waals surface area contributed by atoms with Crippen LogP contribution >= 0.6 is 0 Å². The fraction of sp³-hybridized carbons (Fsp3) is 0.800. The molecule has 0 bridgehead atoms. The Morgan fingerprint density at radius 2 is 2.06 bits per heavy atom. The monoisotopic (exact) mass is 228 g/mol. The van der Waals surface area contributed by atoms with Crippen LogP contribution in [0.25, 0.3) is 0 Å². The van der Waals surface area contributed by atoms with Gasteiger partial charge in [0.15, 0.2) is 0 Å².